The minimum atomic E-state index is -2.90. The maximum atomic E-state index is 12.8. The van der Waals surface area contributed by atoms with Crippen LogP contribution < -0.4 is 10.1 Å². The van der Waals surface area contributed by atoms with Crippen molar-refractivity contribution in [2.75, 3.05) is 5.32 Å². The highest BCUT2D eigenvalue weighted by atomic mass is 32.2. The van der Waals surface area contributed by atoms with Gasteiger partial charge in [-0.25, -0.2) is 0 Å². The molecule has 0 fully saturated rings. The molecule has 0 aliphatic heterocycles. The molecule has 0 saturated carbocycles. The summed E-state index contributed by atoms with van der Waals surface area (Å²) >= 11 is 1.26. The highest BCUT2D eigenvalue weighted by Gasteiger charge is 2.22. The number of thioether (sulfide) groups is 1. The molecule has 0 aliphatic carbocycles. The first kappa shape index (κ1) is 22.4. The first-order valence-electron chi connectivity index (χ1n) is 9.95. The van der Waals surface area contributed by atoms with Crippen molar-refractivity contribution >= 4 is 23.4 Å². The molecule has 1 atom stereocenters. The van der Waals surface area contributed by atoms with E-state index in [1.807, 2.05) is 47.0 Å². The molecule has 0 saturated heterocycles. The SMILES string of the molecule is CC(Sc1nnc(-c2ccncc2)n1-c1ccccc1)C(=O)Nc1ccc(OC(F)F)cc1. The number of aromatic nitrogens is 4. The summed E-state index contributed by atoms with van der Waals surface area (Å²) in [6.45, 7) is -1.15. The number of carbonyl (C=O) groups is 1. The Labute approximate surface area is 192 Å². The molecule has 2 aromatic heterocycles. The Morgan fingerprint density at radius 3 is 2.36 bits per heavy atom. The van der Waals surface area contributed by atoms with E-state index in [-0.39, 0.29) is 11.7 Å². The van der Waals surface area contributed by atoms with E-state index in [0.29, 0.717) is 16.7 Å². The quantitative estimate of drug-likeness (QED) is 0.365. The Morgan fingerprint density at radius 2 is 1.70 bits per heavy atom. The average molecular weight is 468 g/mol. The highest BCUT2D eigenvalue weighted by Crippen LogP contribution is 2.30. The summed E-state index contributed by atoms with van der Waals surface area (Å²) in [6.07, 6.45) is 3.36. The van der Waals surface area contributed by atoms with E-state index in [1.54, 1.807) is 19.3 Å². The van der Waals surface area contributed by atoms with Crippen molar-refractivity contribution in [2.24, 2.45) is 0 Å². The predicted octanol–water partition coefficient (Wildman–Crippen LogP) is 5.05. The zero-order chi connectivity index (χ0) is 23.2. The van der Waals surface area contributed by atoms with Gasteiger partial charge in [0, 0.05) is 29.3 Å². The van der Waals surface area contributed by atoms with E-state index >= 15 is 0 Å². The van der Waals surface area contributed by atoms with Gasteiger partial charge in [-0.1, -0.05) is 30.0 Å². The second kappa shape index (κ2) is 10.2. The van der Waals surface area contributed by atoms with Crippen LogP contribution in [0.3, 0.4) is 0 Å². The van der Waals surface area contributed by atoms with Gasteiger partial charge in [0.25, 0.3) is 0 Å². The Morgan fingerprint density at radius 1 is 1.00 bits per heavy atom. The fourth-order valence-corrected chi connectivity index (χ4v) is 3.89. The molecule has 2 heterocycles. The number of ether oxygens (including phenoxy) is 1. The van der Waals surface area contributed by atoms with Crippen LogP contribution in [-0.2, 0) is 4.79 Å². The Bertz CT molecular complexity index is 1200. The summed E-state index contributed by atoms with van der Waals surface area (Å²) in [6, 6.07) is 19.0. The van der Waals surface area contributed by atoms with Crippen LogP contribution in [0.15, 0.2) is 84.3 Å². The number of benzene rings is 2. The third-order valence-corrected chi connectivity index (χ3v) is 5.63. The van der Waals surface area contributed by atoms with Crippen molar-refractivity contribution in [3.8, 4) is 22.8 Å². The number of hydrogen-bond donors (Lipinski definition) is 1. The molecule has 10 heteroatoms. The number of rotatable bonds is 8. The third-order valence-electron chi connectivity index (χ3n) is 4.58. The second-order valence-corrected chi connectivity index (χ2v) is 8.17. The fraction of sp³-hybridized carbons (Fsp3) is 0.130. The fourth-order valence-electron chi connectivity index (χ4n) is 3.02. The smallest absolute Gasteiger partial charge is 0.387 e. The van der Waals surface area contributed by atoms with Crippen LogP contribution in [0.5, 0.6) is 5.75 Å². The lowest BCUT2D eigenvalue weighted by molar-refractivity contribution is -0.115. The zero-order valence-electron chi connectivity index (χ0n) is 17.4. The number of alkyl halides is 2. The summed E-state index contributed by atoms with van der Waals surface area (Å²) in [5.41, 5.74) is 2.17. The number of nitrogens with one attached hydrogen (secondary N) is 1. The van der Waals surface area contributed by atoms with Crippen LogP contribution in [0.4, 0.5) is 14.5 Å². The molecule has 0 aliphatic rings. The number of anilines is 1. The Hall–Kier alpha value is -3.79. The van der Waals surface area contributed by atoms with Crippen molar-refractivity contribution in [3.63, 3.8) is 0 Å². The van der Waals surface area contributed by atoms with Gasteiger partial charge in [-0.3, -0.25) is 14.3 Å². The van der Waals surface area contributed by atoms with Crippen LogP contribution in [0.2, 0.25) is 0 Å². The number of para-hydroxylation sites is 1. The van der Waals surface area contributed by atoms with Gasteiger partial charge >= 0.3 is 6.61 Å². The summed E-state index contributed by atoms with van der Waals surface area (Å²) in [5, 5.41) is 11.5. The lowest BCUT2D eigenvalue weighted by Gasteiger charge is -2.14. The van der Waals surface area contributed by atoms with Crippen LogP contribution in [0.1, 0.15) is 6.92 Å². The van der Waals surface area contributed by atoms with Gasteiger partial charge in [0.1, 0.15) is 5.75 Å². The number of halogens is 2. The number of pyridine rings is 1. The molecular weight excluding hydrogens is 448 g/mol. The van der Waals surface area contributed by atoms with Crippen molar-refractivity contribution in [3.05, 3.63) is 79.1 Å². The Kier molecular flexibility index (Phi) is 6.94. The second-order valence-electron chi connectivity index (χ2n) is 6.87. The lowest BCUT2D eigenvalue weighted by atomic mass is 10.2. The molecule has 7 nitrogen and oxygen atoms in total. The Balaban J connectivity index is 1.53. The topological polar surface area (TPSA) is 81.9 Å². The molecule has 1 unspecified atom stereocenters. The van der Waals surface area contributed by atoms with Gasteiger partial charge in [0.05, 0.1) is 5.25 Å². The molecule has 1 amide bonds. The maximum absolute atomic E-state index is 12.8. The molecule has 0 radical (unpaired) electrons. The van der Waals surface area contributed by atoms with Crippen molar-refractivity contribution in [2.45, 2.75) is 23.9 Å². The van der Waals surface area contributed by atoms with E-state index in [2.05, 4.69) is 25.2 Å². The van der Waals surface area contributed by atoms with E-state index in [0.717, 1.165) is 11.3 Å². The van der Waals surface area contributed by atoms with Crippen molar-refractivity contribution < 1.29 is 18.3 Å². The maximum Gasteiger partial charge on any atom is 0.387 e. The van der Waals surface area contributed by atoms with Crippen molar-refractivity contribution in [1.29, 1.82) is 0 Å². The molecule has 4 rings (SSSR count). The van der Waals surface area contributed by atoms with Gasteiger partial charge in [-0.15, -0.1) is 10.2 Å². The van der Waals surface area contributed by atoms with E-state index in [9.17, 15) is 13.6 Å². The van der Waals surface area contributed by atoms with E-state index in [1.165, 1.54) is 36.0 Å². The summed E-state index contributed by atoms with van der Waals surface area (Å²) in [5.74, 6) is 0.383. The first-order chi connectivity index (χ1) is 16.0. The normalized spacial score (nSPS) is 11.9. The zero-order valence-corrected chi connectivity index (χ0v) is 18.2. The number of carbonyl (C=O) groups excluding carboxylic acids is 1. The molecule has 0 bridgehead atoms. The van der Waals surface area contributed by atoms with Crippen LogP contribution in [0, 0.1) is 0 Å². The largest absolute Gasteiger partial charge is 0.435 e. The summed E-state index contributed by atoms with van der Waals surface area (Å²) in [7, 11) is 0. The number of amides is 1. The standard InChI is InChI=1S/C23H19F2N5O2S/c1-15(21(31)27-17-7-9-19(10-8-17)32-22(24)25)33-23-29-28-20(16-11-13-26-14-12-16)30(23)18-5-3-2-4-6-18/h2-15,22H,1H3,(H,27,31). The molecule has 4 aromatic rings. The van der Waals surface area contributed by atoms with Crippen molar-refractivity contribution in [1.82, 2.24) is 19.7 Å². The molecular formula is C23H19F2N5O2S. The number of nitrogens with zero attached hydrogens (tertiary/aromatic N) is 4. The summed E-state index contributed by atoms with van der Waals surface area (Å²) < 4.78 is 30.8. The van der Waals surface area contributed by atoms with Crippen LogP contribution >= 0.6 is 11.8 Å². The minimum absolute atomic E-state index is 0.0185. The number of hydrogen-bond acceptors (Lipinski definition) is 6. The van der Waals surface area contributed by atoms with Gasteiger partial charge in [0.2, 0.25) is 5.91 Å². The van der Waals surface area contributed by atoms with Crippen LogP contribution in [0.25, 0.3) is 17.1 Å². The van der Waals surface area contributed by atoms with Crippen LogP contribution in [-0.4, -0.2) is 37.5 Å². The predicted molar refractivity (Wildman–Crippen MR) is 122 cm³/mol. The third kappa shape index (κ3) is 5.53. The molecule has 33 heavy (non-hydrogen) atoms. The molecule has 1 N–H and O–H groups in total. The van der Waals surface area contributed by atoms with Gasteiger partial charge < -0.3 is 10.1 Å². The van der Waals surface area contributed by atoms with Gasteiger partial charge in [-0.2, -0.15) is 8.78 Å². The monoisotopic (exact) mass is 467 g/mol. The lowest BCUT2D eigenvalue weighted by Crippen LogP contribution is -2.22. The molecule has 0 spiro atoms. The van der Waals surface area contributed by atoms with Gasteiger partial charge in [-0.05, 0) is 55.5 Å². The van der Waals surface area contributed by atoms with Gasteiger partial charge in [0.15, 0.2) is 11.0 Å². The van der Waals surface area contributed by atoms with E-state index < -0.39 is 11.9 Å². The highest BCUT2D eigenvalue weighted by molar-refractivity contribution is 8.00. The minimum Gasteiger partial charge on any atom is -0.435 e. The average Bonchev–Trinajstić information content (AvgIpc) is 3.24. The molecule has 2 aromatic carbocycles. The van der Waals surface area contributed by atoms with E-state index in [4.69, 9.17) is 0 Å². The first-order valence-corrected chi connectivity index (χ1v) is 10.8. The molecule has 168 valence electrons. The summed E-state index contributed by atoms with van der Waals surface area (Å²) in [4.78, 5) is 16.8.